The van der Waals surface area contributed by atoms with Crippen LogP contribution in [0.4, 0.5) is 5.69 Å². The van der Waals surface area contributed by atoms with E-state index in [2.05, 4.69) is 66.4 Å². The molecule has 3 rings (SSSR count). The van der Waals surface area contributed by atoms with Crippen molar-refractivity contribution < 1.29 is 0 Å². The van der Waals surface area contributed by atoms with E-state index in [1.165, 1.54) is 16.8 Å². The van der Waals surface area contributed by atoms with Gasteiger partial charge < -0.3 is 4.90 Å². The SMILES string of the molecule is Cc1ccc(C2(C#N)CC2c2ccc(N(C)C)cc2)cc1. The molecule has 1 aliphatic rings. The molecule has 0 N–H and O–H groups in total. The van der Waals surface area contributed by atoms with E-state index in [1.54, 1.807) is 0 Å². The number of benzene rings is 2. The monoisotopic (exact) mass is 276 g/mol. The van der Waals surface area contributed by atoms with Crippen LogP contribution < -0.4 is 4.90 Å². The molecule has 0 radical (unpaired) electrons. The highest BCUT2D eigenvalue weighted by Crippen LogP contribution is 2.60. The van der Waals surface area contributed by atoms with Gasteiger partial charge in [-0.1, -0.05) is 42.0 Å². The van der Waals surface area contributed by atoms with Crippen molar-refractivity contribution in [1.29, 1.82) is 5.26 Å². The van der Waals surface area contributed by atoms with Crippen molar-refractivity contribution in [2.24, 2.45) is 0 Å². The van der Waals surface area contributed by atoms with Gasteiger partial charge in [-0.15, -0.1) is 0 Å². The van der Waals surface area contributed by atoms with Gasteiger partial charge in [0, 0.05) is 25.7 Å². The number of hydrogen-bond donors (Lipinski definition) is 0. The van der Waals surface area contributed by atoms with Crippen LogP contribution in [0, 0.1) is 18.3 Å². The highest BCUT2D eigenvalue weighted by molar-refractivity contribution is 5.53. The Hall–Kier alpha value is -2.27. The molecule has 0 aromatic heterocycles. The Kier molecular flexibility index (Phi) is 3.22. The third kappa shape index (κ3) is 2.29. The normalized spacial score (nSPS) is 23.4. The van der Waals surface area contributed by atoms with Gasteiger partial charge in [-0.2, -0.15) is 5.26 Å². The molecular formula is C19H20N2. The zero-order chi connectivity index (χ0) is 15.0. The van der Waals surface area contributed by atoms with Crippen molar-refractivity contribution >= 4 is 5.69 Å². The highest BCUT2D eigenvalue weighted by Gasteiger charge is 2.56. The summed E-state index contributed by atoms with van der Waals surface area (Å²) in [6.07, 6.45) is 0.924. The van der Waals surface area contributed by atoms with E-state index in [9.17, 15) is 5.26 Å². The first-order valence-corrected chi connectivity index (χ1v) is 7.32. The van der Waals surface area contributed by atoms with E-state index in [4.69, 9.17) is 0 Å². The van der Waals surface area contributed by atoms with Crippen LogP contribution in [0.3, 0.4) is 0 Å². The van der Waals surface area contributed by atoms with Gasteiger partial charge in [-0.25, -0.2) is 0 Å². The molecule has 2 heteroatoms. The quantitative estimate of drug-likeness (QED) is 0.847. The van der Waals surface area contributed by atoms with Crippen molar-refractivity contribution in [1.82, 2.24) is 0 Å². The van der Waals surface area contributed by atoms with Gasteiger partial charge in [0.2, 0.25) is 0 Å². The van der Waals surface area contributed by atoms with E-state index in [1.807, 2.05) is 14.1 Å². The first-order valence-electron chi connectivity index (χ1n) is 7.32. The zero-order valence-corrected chi connectivity index (χ0v) is 12.8. The lowest BCUT2D eigenvalue weighted by atomic mass is 9.91. The zero-order valence-electron chi connectivity index (χ0n) is 12.8. The fourth-order valence-corrected chi connectivity index (χ4v) is 3.03. The Morgan fingerprint density at radius 2 is 1.67 bits per heavy atom. The number of nitrogens with zero attached hydrogens (tertiary/aromatic N) is 2. The molecule has 1 aliphatic carbocycles. The maximum absolute atomic E-state index is 9.70. The largest absolute Gasteiger partial charge is 0.378 e. The van der Waals surface area contributed by atoms with Crippen LogP contribution >= 0.6 is 0 Å². The summed E-state index contributed by atoms with van der Waals surface area (Å²) < 4.78 is 0. The second kappa shape index (κ2) is 4.93. The molecule has 0 spiro atoms. The van der Waals surface area contributed by atoms with Crippen LogP contribution in [-0.2, 0) is 5.41 Å². The van der Waals surface area contributed by atoms with E-state index in [-0.39, 0.29) is 5.41 Å². The van der Waals surface area contributed by atoms with Crippen molar-refractivity contribution in [3.63, 3.8) is 0 Å². The minimum Gasteiger partial charge on any atom is -0.378 e. The number of anilines is 1. The van der Waals surface area contributed by atoms with Crippen molar-refractivity contribution in [3.8, 4) is 6.07 Å². The highest BCUT2D eigenvalue weighted by atomic mass is 15.1. The Morgan fingerprint density at radius 1 is 1.05 bits per heavy atom. The number of nitriles is 1. The summed E-state index contributed by atoms with van der Waals surface area (Å²) in [4.78, 5) is 2.09. The lowest BCUT2D eigenvalue weighted by molar-refractivity contribution is 0.855. The summed E-state index contributed by atoms with van der Waals surface area (Å²) in [7, 11) is 4.08. The van der Waals surface area contributed by atoms with Crippen LogP contribution in [0.2, 0.25) is 0 Å². The van der Waals surface area contributed by atoms with Crippen LogP contribution in [0.15, 0.2) is 48.5 Å². The number of rotatable bonds is 3. The predicted molar refractivity (Wildman–Crippen MR) is 86.6 cm³/mol. The molecule has 21 heavy (non-hydrogen) atoms. The Bertz CT molecular complexity index is 677. The van der Waals surface area contributed by atoms with E-state index in [0.29, 0.717) is 5.92 Å². The van der Waals surface area contributed by atoms with Gasteiger partial charge in [0.05, 0.1) is 11.5 Å². The standard InChI is InChI=1S/C19H20N2/c1-14-4-8-16(9-5-14)19(13-20)12-18(19)15-6-10-17(11-7-15)21(2)3/h4-11,18H,12H2,1-3H3. The van der Waals surface area contributed by atoms with E-state index < -0.39 is 0 Å². The molecule has 0 aliphatic heterocycles. The second-order valence-corrected chi connectivity index (χ2v) is 6.19. The number of hydrogen-bond acceptors (Lipinski definition) is 2. The summed E-state index contributed by atoms with van der Waals surface area (Å²) in [5, 5.41) is 9.70. The first kappa shape index (κ1) is 13.7. The Balaban J connectivity index is 1.88. The third-order valence-electron chi connectivity index (χ3n) is 4.54. The lowest BCUT2D eigenvalue weighted by Crippen LogP contribution is -2.09. The van der Waals surface area contributed by atoms with Crippen LogP contribution in [-0.4, -0.2) is 14.1 Å². The average Bonchev–Trinajstić information content (AvgIpc) is 3.24. The Morgan fingerprint density at radius 3 is 2.19 bits per heavy atom. The van der Waals surface area contributed by atoms with Gasteiger partial charge in [0.15, 0.2) is 0 Å². The predicted octanol–water partition coefficient (Wildman–Crippen LogP) is 4.01. The minimum absolute atomic E-state index is 0.321. The molecule has 1 fully saturated rings. The topological polar surface area (TPSA) is 27.0 Å². The molecule has 2 unspecified atom stereocenters. The summed E-state index contributed by atoms with van der Waals surface area (Å²) in [6, 6.07) is 19.5. The van der Waals surface area contributed by atoms with Crippen LogP contribution in [0.1, 0.15) is 29.0 Å². The molecular weight excluding hydrogens is 256 g/mol. The van der Waals surface area contributed by atoms with Gasteiger partial charge >= 0.3 is 0 Å². The maximum Gasteiger partial charge on any atom is 0.0897 e. The fraction of sp³-hybridized carbons (Fsp3) is 0.316. The van der Waals surface area contributed by atoms with Gasteiger partial charge in [0.1, 0.15) is 0 Å². The molecule has 1 saturated carbocycles. The van der Waals surface area contributed by atoms with Crippen LogP contribution in [0.25, 0.3) is 0 Å². The van der Waals surface area contributed by atoms with E-state index >= 15 is 0 Å². The smallest absolute Gasteiger partial charge is 0.0897 e. The lowest BCUT2D eigenvalue weighted by Gasteiger charge is -2.14. The maximum atomic E-state index is 9.70. The van der Waals surface area contributed by atoms with Gasteiger partial charge in [-0.05, 0) is 36.6 Å². The molecule has 0 amide bonds. The minimum atomic E-state index is -0.326. The molecule has 2 aromatic carbocycles. The molecule has 0 bridgehead atoms. The molecule has 0 heterocycles. The summed E-state index contributed by atoms with van der Waals surface area (Å²) in [6.45, 7) is 2.08. The van der Waals surface area contributed by atoms with Crippen molar-refractivity contribution in [2.75, 3.05) is 19.0 Å². The summed E-state index contributed by atoms with van der Waals surface area (Å²) >= 11 is 0. The van der Waals surface area contributed by atoms with Gasteiger partial charge in [-0.3, -0.25) is 0 Å². The van der Waals surface area contributed by atoms with Crippen molar-refractivity contribution in [2.45, 2.75) is 24.7 Å². The number of aryl methyl sites for hydroxylation is 1. The molecule has 0 saturated heterocycles. The van der Waals surface area contributed by atoms with Gasteiger partial charge in [0.25, 0.3) is 0 Å². The molecule has 106 valence electrons. The second-order valence-electron chi connectivity index (χ2n) is 6.19. The Labute approximate surface area is 126 Å². The summed E-state index contributed by atoms with van der Waals surface area (Å²) in [5.41, 5.74) is 4.52. The molecule has 2 atom stereocenters. The average molecular weight is 276 g/mol. The van der Waals surface area contributed by atoms with Crippen molar-refractivity contribution in [3.05, 3.63) is 65.2 Å². The fourth-order valence-electron chi connectivity index (χ4n) is 3.03. The van der Waals surface area contributed by atoms with Crippen LogP contribution in [0.5, 0.6) is 0 Å². The molecule has 2 nitrogen and oxygen atoms in total. The first-order chi connectivity index (χ1) is 10.1. The summed E-state index contributed by atoms with van der Waals surface area (Å²) in [5.74, 6) is 0.321. The van der Waals surface area contributed by atoms with E-state index in [0.717, 1.165) is 12.0 Å². The molecule has 2 aromatic rings. The third-order valence-corrected chi connectivity index (χ3v) is 4.54.